The Kier molecular flexibility index (Phi) is 5.08. The second-order valence-corrected chi connectivity index (χ2v) is 6.22. The molecule has 1 N–H and O–H groups in total. The summed E-state index contributed by atoms with van der Waals surface area (Å²) in [4.78, 5) is 29.9. The minimum atomic E-state index is -1.12. The highest BCUT2D eigenvalue weighted by Crippen LogP contribution is 2.19. The highest BCUT2D eigenvalue weighted by atomic mass is 32.1. The van der Waals surface area contributed by atoms with E-state index in [1.165, 1.54) is 16.5 Å². The van der Waals surface area contributed by atoms with Gasteiger partial charge in [0.2, 0.25) is 0 Å². The fourth-order valence-electron chi connectivity index (χ4n) is 2.14. The van der Waals surface area contributed by atoms with Crippen molar-refractivity contribution in [3.63, 3.8) is 0 Å². The molecule has 3 aromatic rings. The fraction of sp³-hybridized carbons (Fsp3) is 0.118. The number of hydrogen-bond donors (Lipinski definition) is 1. The van der Waals surface area contributed by atoms with E-state index >= 15 is 0 Å². The Morgan fingerprint density at radius 3 is 2.77 bits per heavy atom. The molecule has 0 aliphatic rings. The topological polar surface area (TPSA) is 75.4 Å². The van der Waals surface area contributed by atoms with Crippen LogP contribution in [-0.4, -0.2) is 28.7 Å². The zero-order valence-electron chi connectivity index (χ0n) is 13.5. The maximum absolute atomic E-state index is 13.2. The van der Waals surface area contributed by atoms with Gasteiger partial charge in [-0.05, 0) is 30.3 Å². The summed E-state index contributed by atoms with van der Waals surface area (Å²) >= 11 is 1.05. The first-order chi connectivity index (χ1) is 12.4. The number of furan rings is 1. The van der Waals surface area contributed by atoms with Crippen LogP contribution in [0.5, 0.6) is 0 Å². The Bertz CT molecular complexity index is 941. The van der Waals surface area contributed by atoms with Crippen LogP contribution in [0.1, 0.15) is 26.6 Å². The maximum Gasteiger partial charge on any atom is 0.273 e. The highest BCUT2D eigenvalue weighted by Gasteiger charge is 2.18. The van der Waals surface area contributed by atoms with Crippen LogP contribution in [-0.2, 0) is 6.54 Å². The zero-order chi connectivity index (χ0) is 18.7. The summed E-state index contributed by atoms with van der Waals surface area (Å²) < 4.78 is 31.3. The molecule has 2 amide bonds. The Labute approximate surface area is 151 Å². The van der Waals surface area contributed by atoms with Crippen molar-refractivity contribution in [2.75, 3.05) is 12.4 Å². The van der Waals surface area contributed by atoms with Gasteiger partial charge in [0, 0.05) is 18.0 Å². The number of amides is 2. The number of nitrogens with zero attached hydrogens (tertiary/aromatic N) is 2. The smallest absolute Gasteiger partial charge is 0.273 e. The number of anilines is 1. The van der Waals surface area contributed by atoms with Gasteiger partial charge in [-0.3, -0.25) is 14.9 Å². The van der Waals surface area contributed by atoms with Crippen molar-refractivity contribution in [3.05, 3.63) is 70.6 Å². The first-order valence-electron chi connectivity index (χ1n) is 7.44. The van der Waals surface area contributed by atoms with Crippen LogP contribution in [0.3, 0.4) is 0 Å². The number of aromatic nitrogens is 1. The van der Waals surface area contributed by atoms with Gasteiger partial charge in [0.25, 0.3) is 11.8 Å². The molecule has 2 heterocycles. The zero-order valence-corrected chi connectivity index (χ0v) is 14.3. The molecule has 3 rings (SSSR count). The summed E-state index contributed by atoms with van der Waals surface area (Å²) in [6.45, 7) is 0.278. The van der Waals surface area contributed by atoms with E-state index in [0.29, 0.717) is 5.76 Å². The normalized spacial score (nSPS) is 10.6. The lowest BCUT2D eigenvalue weighted by Gasteiger charge is -2.13. The van der Waals surface area contributed by atoms with Crippen molar-refractivity contribution in [2.45, 2.75) is 6.54 Å². The number of hydrogen-bond acceptors (Lipinski definition) is 5. The minimum absolute atomic E-state index is 0.0538. The molecule has 134 valence electrons. The first-order valence-corrected chi connectivity index (χ1v) is 8.32. The van der Waals surface area contributed by atoms with Gasteiger partial charge in [-0.15, -0.1) is 11.3 Å². The first kappa shape index (κ1) is 17.7. The summed E-state index contributed by atoms with van der Waals surface area (Å²) in [5, 5.41) is 4.13. The third-order valence-electron chi connectivity index (χ3n) is 3.45. The van der Waals surface area contributed by atoms with Crippen LogP contribution in [0.25, 0.3) is 0 Å². The Morgan fingerprint density at radius 2 is 2.08 bits per heavy atom. The lowest BCUT2D eigenvalue weighted by molar-refractivity contribution is 0.0770. The molecule has 0 radical (unpaired) electrons. The van der Waals surface area contributed by atoms with Crippen LogP contribution in [0.15, 0.2) is 46.4 Å². The van der Waals surface area contributed by atoms with Gasteiger partial charge in [0.05, 0.1) is 12.8 Å². The molecule has 6 nitrogen and oxygen atoms in total. The quantitative estimate of drug-likeness (QED) is 0.738. The molecule has 0 spiro atoms. The van der Waals surface area contributed by atoms with Gasteiger partial charge in [-0.25, -0.2) is 13.8 Å². The van der Waals surface area contributed by atoms with Crippen LogP contribution in [0.2, 0.25) is 0 Å². The van der Waals surface area contributed by atoms with Crippen molar-refractivity contribution in [2.24, 2.45) is 0 Å². The van der Waals surface area contributed by atoms with E-state index in [-0.39, 0.29) is 28.8 Å². The summed E-state index contributed by atoms with van der Waals surface area (Å²) in [6, 6.07) is 6.29. The Morgan fingerprint density at radius 1 is 1.27 bits per heavy atom. The molecule has 0 aliphatic carbocycles. The predicted octanol–water partition coefficient (Wildman–Crippen LogP) is 3.54. The lowest BCUT2D eigenvalue weighted by Crippen LogP contribution is -2.26. The van der Waals surface area contributed by atoms with Gasteiger partial charge in [0.15, 0.2) is 16.8 Å². The van der Waals surface area contributed by atoms with Crippen LogP contribution in [0.4, 0.5) is 13.9 Å². The largest absolute Gasteiger partial charge is 0.467 e. The molecule has 1 aromatic carbocycles. The standard InChI is InChI=1S/C17H13F2N3O3S/c1-22(8-11-3-2-6-25-11)16(24)14-9-26-17(20-14)21-15(23)10-4-5-12(18)13(19)7-10/h2-7,9H,8H2,1H3,(H,20,21,23). The average molecular weight is 377 g/mol. The number of rotatable bonds is 5. The molecule has 2 aromatic heterocycles. The molecule has 0 fully saturated rings. The van der Waals surface area contributed by atoms with Gasteiger partial charge < -0.3 is 9.32 Å². The van der Waals surface area contributed by atoms with Gasteiger partial charge in [0.1, 0.15) is 11.5 Å². The molecule has 0 unspecified atom stereocenters. The third-order valence-corrected chi connectivity index (χ3v) is 4.20. The molecular weight excluding hydrogens is 364 g/mol. The molecule has 0 saturated heterocycles. The van der Waals surface area contributed by atoms with Gasteiger partial charge in [-0.2, -0.15) is 0 Å². The third kappa shape index (κ3) is 3.94. The van der Waals surface area contributed by atoms with Crippen molar-refractivity contribution >= 4 is 28.3 Å². The number of nitrogens with one attached hydrogen (secondary N) is 1. The van der Waals surface area contributed by atoms with Crippen LogP contribution >= 0.6 is 11.3 Å². The van der Waals surface area contributed by atoms with Crippen molar-refractivity contribution in [1.29, 1.82) is 0 Å². The number of carbonyl (C=O) groups excluding carboxylic acids is 2. The van der Waals surface area contributed by atoms with E-state index in [4.69, 9.17) is 4.42 Å². The molecule has 26 heavy (non-hydrogen) atoms. The molecule has 0 aliphatic heterocycles. The minimum Gasteiger partial charge on any atom is -0.467 e. The summed E-state index contributed by atoms with van der Waals surface area (Å²) in [5.74, 6) is -2.52. The molecule has 9 heteroatoms. The fourth-order valence-corrected chi connectivity index (χ4v) is 2.82. The highest BCUT2D eigenvalue weighted by molar-refractivity contribution is 7.14. The van der Waals surface area contributed by atoms with Crippen LogP contribution in [0, 0.1) is 11.6 Å². The van der Waals surface area contributed by atoms with Gasteiger partial charge >= 0.3 is 0 Å². The molecule has 0 bridgehead atoms. The second-order valence-electron chi connectivity index (χ2n) is 5.36. The summed E-state index contributed by atoms with van der Waals surface area (Å²) in [7, 11) is 1.60. The van der Waals surface area contributed by atoms with E-state index in [1.807, 2.05) is 0 Å². The summed E-state index contributed by atoms with van der Waals surface area (Å²) in [6.07, 6.45) is 1.52. The van der Waals surface area contributed by atoms with Crippen molar-refractivity contribution < 1.29 is 22.8 Å². The van der Waals surface area contributed by atoms with E-state index < -0.39 is 17.5 Å². The Hall–Kier alpha value is -3.07. The molecular formula is C17H13F2N3O3S. The van der Waals surface area contributed by atoms with E-state index in [2.05, 4.69) is 10.3 Å². The maximum atomic E-state index is 13.2. The number of halogens is 2. The Balaban J connectivity index is 1.66. The van der Waals surface area contributed by atoms with Gasteiger partial charge in [-0.1, -0.05) is 0 Å². The van der Waals surface area contributed by atoms with E-state index in [1.54, 1.807) is 19.2 Å². The average Bonchev–Trinajstić information content (AvgIpc) is 3.28. The molecule has 0 saturated carbocycles. The lowest BCUT2D eigenvalue weighted by atomic mass is 10.2. The number of benzene rings is 1. The number of carbonyl (C=O) groups is 2. The second kappa shape index (κ2) is 7.44. The SMILES string of the molecule is CN(Cc1ccco1)C(=O)c1csc(NC(=O)c2ccc(F)c(F)c2)n1. The number of thiazole rings is 1. The monoisotopic (exact) mass is 377 g/mol. The van der Waals surface area contributed by atoms with E-state index in [9.17, 15) is 18.4 Å². The molecule has 0 atom stereocenters. The van der Waals surface area contributed by atoms with Crippen LogP contribution < -0.4 is 5.32 Å². The van der Waals surface area contributed by atoms with Crippen molar-refractivity contribution in [3.8, 4) is 0 Å². The van der Waals surface area contributed by atoms with Crippen molar-refractivity contribution in [1.82, 2.24) is 9.88 Å². The summed E-state index contributed by atoms with van der Waals surface area (Å²) in [5.41, 5.74) is 0.103. The predicted molar refractivity (Wildman–Crippen MR) is 90.9 cm³/mol. The van der Waals surface area contributed by atoms with E-state index in [0.717, 1.165) is 29.5 Å².